The van der Waals surface area contributed by atoms with Crippen LogP contribution in [-0.4, -0.2) is 54.5 Å². The van der Waals surface area contributed by atoms with E-state index in [0.717, 1.165) is 19.0 Å². The van der Waals surface area contributed by atoms with Crippen molar-refractivity contribution in [2.45, 2.75) is 25.3 Å². The van der Waals surface area contributed by atoms with Crippen molar-refractivity contribution in [3.8, 4) is 17.5 Å². The molecule has 0 bridgehead atoms. The molecule has 4 rings (SSSR count). The minimum atomic E-state index is -0.571. The van der Waals surface area contributed by atoms with Gasteiger partial charge >= 0.3 is 0 Å². The summed E-state index contributed by atoms with van der Waals surface area (Å²) in [5, 5.41) is 16.0. The molecule has 1 aliphatic heterocycles. The molecule has 0 radical (unpaired) electrons. The predicted octanol–water partition coefficient (Wildman–Crippen LogP) is 1.64. The van der Waals surface area contributed by atoms with Crippen LogP contribution in [0.3, 0.4) is 0 Å². The largest absolute Gasteiger partial charge is 0.363 e. The Hall–Kier alpha value is -3.61. The maximum Gasteiger partial charge on any atom is 0.236 e. The van der Waals surface area contributed by atoms with E-state index in [1.54, 1.807) is 34.2 Å². The van der Waals surface area contributed by atoms with Gasteiger partial charge in [-0.25, -0.2) is 18.9 Å². The Kier molecular flexibility index (Phi) is 4.80. The highest BCUT2D eigenvalue weighted by Crippen LogP contribution is 2.24. The van der Waals surface area contributed by atoms with Gasteiger partial charge in [0.15, 0.2) is 17.5 Å². The van der Waals surface area contributed by atoms with Crippen LogP contribution in [0.15, 0.2) is 31.0 Å². The number of fused-ring (bicyclic) bond motifs is 1. The third-order valence-electron chi connectivity index (χ3n) is 4.65. The van der Waals surface area contributed by atoms with E-state index in [2.05, 4.69) is 25.4 Å². The van der Waals surface area contributed by atoms with Crippen LogP contribution in [0.25, 0.3) is 16.9 Å². The van der Waals surface area contributed by atoms with Crippen molar-refractivity contribution >= 4 is 17.2 Å². The second-order valence-corrected chi connectivity index (χ2v) is 6.51. The van der Waals surface area contributed by atoms with E-state index in [4.69, 9.17) is 5.26 Å². The second-order valence-electron chi connectivity index (χ2n) is 6.51. The van der Waals surface area contributed by atoms with Gasteiger partial charge in [-0.1, -0.05) is 0 Å². The maximum absolute atomic E-state index is 14.3. The van der Waals surface area contributed by atoms with Crippen LogP contribution in [0, 0.1) is 17.1 Å². The van der Waals surface area contributed by atoms with Crippen molar-refractivity contribution in [1.29, 1.82) is 5.26 Å². The molecule has 1 fully saturated rings. The number of nitrogens with zero attached hydrogens (tertiary/aromatic N) is 7. The van der Waals surface area contributed by atoms with Crippen molar-refractivity contribution in [1.82, 2.24) is 29.5 Å². The van der Waals surface area contributed by atoms with Crippen molar-refractivity contribution in [3.63, 3.8) is 0 Å². The zero-order chi connectivity index (χ0) is 19.5. The molecule has 3 aromatic heterocycles. The molecule has 0 aliphatic carbocycles. The van der Waals surface area contributed by atoms with Crippen LogP contribution in [-0.2, 0) is 4.79 Å². The first kappa shape index (κ1) is 17.8. The average Bonchev–Trinajstić information content (AvgIpc) is 3.14. The van der Waals surface area contributed by atoms with Crippen LogP contribution in [0.1, 0.15) is 19.3 Å². The van der Waals surface area contributed by atoms with E-state index in [9.17, 15) is 9.18 Å². The highest BCUT2D eigenvalue weighted by atomic mass is 19.1. The number of rotatable bonds is 4. The molecule has 1 aliphatic rings. The Morgan fingerprint density at radius 3 is 3.14 bits per heavy atom. The third-order valence-corrected chi connectivity index (χ3v) is 4.65. The van der Waals surface area contributed by atoms with Gasteiger partial charge in [-0.05, 0) is 12.8 Å². The van der Waals surface area contributed by atoms with Gasteiger partial charge in [-0.3, -0.25) is 9.78 Å². The molecule has 3 aromatic rings. The number of nitriles is 1. The number of carbonyl (C=O) groups excluding carboxylic acids is 1. The zero-order valence-electron chi connectivity index (χ0n) is 14.9. The number of hydrogen-bond donors (Lipinski definition) is 1. The standard InChI is InChI=1S/C18H17FN8O/c19-14-9-22-17(13-8-23-27-7-5-21-10-15(13)27)25-18(14)24-12-2-1-6-26(11-12)16(28)3-4-20/h5,7-10,12H,1-3,6,11H2,(H,22,24,25). The number of carbonyl (C=O) groups is 1. The van der Waals surface area contributed by atoms with Crippen molar-refractivity contribution in [3.05, 3.63) is 36.8 Å². The normalized spacial score (nSPS) is 16.7. The first-order valence-corrected chi connectivity index (χ1v) is 8.87. The molecule has 0 saturated carbocycles. The SMILES string of the molecule is N#CCC(=O)N1CCCC(Nc2nc(-c3cnn4ccncc34)ncc2F)C1. The molecule has 142 valence electrons. The summed E-state index contributed by atoms with van der Waals surface area (Å²) in [4.78, 5) is 26.1. The molecular formula is C18H17FN8O. The lowest BCUT2D eigenvalue weighted by molar-refractivity contribution is -0.131. The molecule has 0 spiro atoms. The van der Waals surface area contributed by atoms with E-state index >= 15 is 0 Å². The van der Waals surface area contributed by atoms with Gasteiger partial charge in [0.25, 0.3) is 0 Å². The van der Waals surface area contributed by atoms with Gasteiger partial charge < -0.3 is 10.2 Å². The van der Waals surface area contributed by atoms with Gasteiger partial charge in [0.05, 0.1) is 35.7 Å². The van der Waals surface area contributed by atoms with E-state index in [1.165, 1.54) is 0 Å². The number of hydrogen-bond acceptors (Lipinski definition) is 7. The quantitative estimate of drug-likeness (QED) is 0.732. The van der Waals surface area contributed by atoms with E-state index in [-0.39, 0.29) is 24.2 Å². The molecule has 1 atom stereocenters. The summed E-state index contributed by atoms with van der Waals surface area (Å²) in [7, 11) is 0. The number of amides is 1. The number of likely N-dealkylation sites (tertiary alicyclic amines) is 1. The minimum Gasteiger partial charge on any atom is -0.363 e. The maximum atomic E-state index is 14.3. The van der Waals surface area contributed by atoms with Crippen LogP contribution >= 0.6 is 0 Å². The van der Waals surface area contributed by atoms with Gasteiger partial charge in [0.2, 0.25) is 5.91 Å². The molecule has 10 heteroatoms. The molecule has 9 nitrogen and oxygen atoms in total. The topological polar surface area (TPSA) is 112 Å². The van der Waals surface area contributed by atoms with Crippen molar-refractivity contribution < 1.29 is 9.18 Å². The van der Waals surface area contributed by atoms with E-state index in [0.29, 0.717) is 30.0 Å². The summed E-state index contributed by atoms with van der Waals surface area (Å²) in [6.07, 6.45) is 9.08. The van der Waals surface area contributed by atoms with E-state index < -0.39 is 5.82 Å². The Labute approximate surface area is 159 Å². The molecule has 0 aromatic carbocycles. The Balaban J connectivity index is 1.56. The monoisotopic (exact) mass is 380 g/mol. The fourth-order valence-electron chi connectivity index (χ4n) is 3.30. The van der Waals surface area contributed by atoms with Crippen LogP contribution in [0.2, 0.25) is 0 Å². The first-order valence-electron chi connectivity index (χ1n) is 8.87. The minimum absolute atomic E-state index is 0.0767. The lowest BCUT2D eigenvalue weighted by atomic mass is 10.1. The summed E-state index contributed by atoms with van der Waals surface area (Å²) in [6.45, 7) is 1.01. The molecule has 4 heterocycles. The summed E-state index contributed by atoms with van der Waals surface area (Å²) >= 11 is 0. The highest BCUT2D eigenvalue weighted by Gasteiger charge is 2.24. The Morgan fingerprint density at radius 1 is 1.39 bits per heavy atom. The van der Waals surface area contributed by atoms with Crippen LogP contribution in [0.4, 0.5) is 10.2 Å². The van der Waals surface area contributed by atoms with Crippen molar-refractivity contribution in [2.75, 3.05) is 18.4 Å². The van der Waals surface area contributed by atoms with Gasteiger partial charge in [-0.2, -0.15) is 10.4 Å². The first-order chi connectivity index (χ1) is 13.7. The summed E-state index contributed by atoms with van der Waals surface area (Å²) in [6, 6.07) is 1.72. The van der Waals surface area contributed by atoms with Gasteiger partial charge in [-0.15, -0.1) is 0 Å². The molecule has 1 amide bonds. The summed E-state index contributed by atoms with van der Waals surface area (Å²) < 4.78 is 16.0. The zero-order valence-corrected chi connectivity index (χ0v) is 14.9. The highest BCUT2D eigenvalue weighted by molar-refractivity contribution is 5.78. The third kappa shape index (κ3) is 3.46. The molecule has 1 N–H and O–H groups in total. The lowest BCUT2D eigenvalue weighted by Gasteiger charge is -2.33. The molecule has 28 heavy (non-hydrogen) atoms. The van der Waals surface area contributed by atoms with Gasteiger partial charge in [0.1, 0.15) is 6.42 Å². The lowest BCUT2D eigenvalue weighted by Crippen LogP contribution is -2.45. The fourth-order valence-corrected chi connectivity index (χ4v) is 3.30. The second kappa shape index (κ2) is 7.56. The smallest absolute Gasteiger partial charge is 0.236 e. The molecular weight excluding hydrogens is 363 g/mol. The van der Waals surface area contributed by atoms with Gasteiger partial charge in [0, 0.05) is 31.5 Å². The number of nitrogens with one attached hydrogen (secondary N) is 1. The number of anilines is 1. The Bertz CT molecular complexity index is 1060. The summed E-state index contributed by atoms with van der Waals surface area (Å²) in [5.41, 5.74) is 1.36. The average molecular weight is 380 g/mol. The molecule has 1 unspecified atom stereocenters. The van der Waals surface area contributed by atoms with Crippen molar-refractivity contribution in [2.24, 2.45) is 0 Å². The summed E-state index contributed by atoms with van der Waals surface area (Å²) in [5.74, 6) is -0.372. The van der Waals surface area contributed by atoms with Crippen LogP contribution < -0.4 is 5.32 Å². The number of aromatic nitrogens is 5. The predicted molar refractivity (Wildman–Crippen MR) is 97.4 cm³/mol. The molecule has 1 saturated heterocycles. The Morgan fingerprint density at radius 2 is 2.29 bits per heavy atom. The fraction of sp³-hybridized carbons (Fsp3) is 0.333. The number of halogens is 1. The van der Waals surface area contributed by atoms with Crippen LogP contribution in [0.5, 0.6) is 0 Å². The van der Waals surface area contributed by atoms with E-state index in [1.807, 2.05) is 6.07 Å². The number of piperidine rings is 1.